The van der Waals surface area contributed by atoms with Gasteiger partial charge in [0.25, 0.3) is 5.91 Å². The summed E-state index contributed by atoms with van der Waals surface area (Å²) in [6.07, 6.45) is 4.60. The van der Waals surface area contributed by atoms with Crippen LogP contribution in [0.2, 0.25) is 0 Å². The van der Waals surface area contributed by atoms with Crippen molar-refractivity contribution in [1.29, 1.82) is 0 Å². The van der Waals surface area contributed by atoms with Crippen LogP contribution in [0.25, 0.3) is 0 Å². The minimum absolute atomic E-state index is 0. The monoisotopic (exact) mass is 474 g/mol. The molecule has 1 fully saturated rings. The quantitative estimate of drug-likeness (QED) is 0.235. The number of amides is 1. The van der Waals surface area contributed by atoms with E-state index in [1.807, 2.05) is 24.3 Å². The molecule has 0 aliphatic carbocycles. The first kappa shape index (κ1) is 22.7. The molecule has 1 atom stereocenters. The van der Waals surface area contributed by atoms with Gasteiger partial charge < -0.3 is 20.7 Å². The smallest absolute Gasteiger partial charge is 0.251 e. The molecule has 0 bridgehead atoms. The van der Waals surface area contributed by atoms with Crippen LogP contribution in [0.4, 0.5) is 0 Å². The molecule has 1 unspecified atom stereocenters. The van der Waals surface area contributed by atoms with Gasteiger partial charge in [0.2, 0.25) is 0 Å². The second-order valence-corrected chi connectivity index (χ2v) is 6.25. The first-order valence-corrected chi connectivity index (χ1v) is 9.16. The van der Waals surface area contributed by atoms with E-state index >= 15 is 0 Å². The number of carbonyl (C=O) groups is 1. The molecule has 3 N–H and O–H groups in total. The third kappa shape index (κ3) is 7.90. The summed E-state index contributed by atoms with van der Waals surface area (Å²) in [7, 11) is 1.76. The summed E-state index contributed by atoms with van der Waals surface area (Å²) in [4.78, 5) is 16.2. The van der Waals surface area contributed by atoms with Gasteiger partial charge in [0, 0.05) is 38.9 Å². The Balaban J connectivity index is 0.00000338. The Labute approximate surface area is 173 Å². The number of nitrogens with one attached hydrogen (secondary N) is 3. The van der Waals surface area contributed by atoms with Crippen molar-refractivity contribution < 1.29 is 9.53 Å². The number of guanidine groups is 1. The molecule has 7 heteroatoms. The van der Waals surface area contributed by atoms with E-state index in [4.69, 9.17) is 4.74 Å². The predicted molar refractivity (Wildman–Crippen MR) is 116 cm³/mol. The van der Waals surface area contributed by atoms with Crippen LogP contribution < -0.4 is 16.0 Å². The number of aliphatic imine (C=N–C) groups is 1. The highest BCUT2D eigenvalue weighted by Crippen LogP contribution is 2.10. The maximum absolute atomic E-state index is 12.0. The van der Waals surface area contributed by atoms with Gasteiger partial charge in [0.1, 0.15) is 0 Å². The summed E-state index contributed by atoms with van der Waals surface area (Å²) in [5.74, 6) is 0.749. The lowest BCUT2D eigenvalue weighted by molar-refractivity contribution is 0.0953. The summed E-state index contributed by atoms with van der Waals surface area (Å²) in [5, 5.41) is 9.50. The van der Waals surface area contributed by atoms with Crippen LogP contribution in [0.3, 0.4) is 0 Å². The lowest BCUT2D eigenvalue weighted by Crippen LogP contribution is -2.40. The van der Waals surface area contributed by atoms with E-state index in [1.54, 1.807) is 7.05 Å². The molecule has 1 aliphatic rings. The molecule has 0 spiro atoms. The van der Waals surface area contributed by atoms with Crippen LogP contribution in [-0.2, 0) is 11.3 Å². The van der Waals surface area contributed by atoms with Crippen molar-refractivity contribution in [2.75, 3.05) is 26.7 Å². The van der Waals surface area contributed by atoms with Gasteiger partial charge in [-0.05, 0) is 37.0 Å². The van der Waals surface area contributed by atoms with E-state index in [-0.39, 0.29) is 36.0 Å². The first-order valence-electron chi connectivity index (χ1n) is 9.16. The normalized spacial score (nSPS) is 16.7. The summed E-state index contributed by atoms with van der Waals surface area (Å²) in [5.41, 5.74) is 1.80. The summed E-state index contributed by atoms with van der Waals surface area (Å²) >= 11 is 0. The molecule has 1 heterocycles. The minimum Gasteiger partial charge on any atom is -0.376 e. The highest BCUT2D eigenvalue weighted by atomic mass is 127. The fraction of sp³-hybridized carbons (Fsp3) is 0.579. The number of benzene rings is 1. The average Bonchev–Trinajstić information content (AvgIpc) is 3.16. The van der Waals surface area contributed by atoms with Gasteiger partial charge in [-0.1, -0.05) is 25.5 Å². The standard InChI is InChI=1S/C19H30N4O2.HI/c1-3-4-11-21-18(24)16-9-7-15(8-10-16)13-22-19(20-2)23-14-17-6-5-12-25-17;/h7-10,17H,3-6,11-14H2,1-2H3,(H,21,24)(H2,20,22,23);1H. The van der Waals surface area contributed by atoms with Crippen LogP contribution >= 0.6 is 24.0 Å². The Morgan fingerprint density at radius 3 is 2.62 bits per heavy atom. The van der Waals surface area contributed by atoms with Gasteiger partial charge in [-0.15, -0.1) is 24.0 Å². The highest BCUT2D eigenvalue weighted by molar-refractivity contribution is 14.0. The zero-order valence-electron chi connectivity index (χ0n) is 15.7. The largest absolute Gasteiger partial charge is 0.376 e. The van der Waals surface area contributed by atoms with Crippen LogP contribution in [0.15, 0.2) is 29.3 Å². The van der Waals surface area contributed by atoms with Gasteiger partial charge >= 0.3 is 0 Å². The van der Waals surface area contributed by atoms with Crippen molar-refractivity contribution in [3.63, 3.8) is 0 Å². The Bertz CT molecular complexity index is 557. The van der Waals surface area contributed by atoms with E-state index in [0.29, 0.717) is 12.1 Å². The van der Waals surface area contributed by atoms with Crippen molar-refractivity contribution in [3.05, 3.63) is 35.4 Å². The number of ether oxygens (including phenoxy) is 1. The molecule has 6 nitrogen and oxygen atoms in total. The van der Waals surface area contributed by atoms with Gasteiger partial charge in [0.15, 0.2) is 5.96 Å². The van der Waals surface area contributed by atoms with Crippen molar-refractivity contribution in [1.82, 2.24) is 16.0 Å². The Morgan fingerprint density at radius 2 is 2.00 bits per heavy atom. The van der Waals surface area contributed by atoms with Gasteiger partial charge in [0.05, 0.1) is 6.10 Å². The van der Waals surface area contributed by atoms with Crippen molar-refractivity contribution >= 4 is 35.8 Å². The molecule has 1 aromatic rings. The van der Waals surface area contributed by atoms with E-state index < -0.39 is 0 Å². The first-order chi connectivity index (χ1) is 12.2. The van der Waals surface area contributed by atoms with Crippen molar-refractivity contribution in [2.24, 2.45) is 4.99 Å². The molecule has 1 saturated heterocycles. The van der Waals surface area contributed by atoms with Gasteiger partial charge in [-0.2, -0.15) is 0 Å². The zero-order chi connectivity index (χ0) is 17.9. The molecule has 1 amide bonds. The number of nitrogens with zero attached hydrogens (tertiary/aromatic N) is 1. The van der Waals surface area contributed by atoms with E-state index in [2.05, 4.69) is 27.9 Å². The molecule has 146 valence electrons. The van der Waals surface area contributed by atoms with Crippen molar-refractivity contribution in [2.45, 2.75) is 45.3 Å². The van der Waals surface area contributed by atoms with Crippen LogP contribution in [-0.4, -0.2) is 44.7 Å². The van der Waals surface area contributed by atoms with Crippen molar-refractivity contribution in [3.8, 4) is 0 Å². The predicted octanol–water partition coefficient (Wildman–Crippen LogP) is 2.68. The minimum atomic E-state index is -0.0120. The highest BCUT2D eigenvalue weighted by Gasteiger charge is 2.15. The van der Waals surface area contributed by atoms with Gasteiger partial charge in [-0.3, -0.25) is 9.79 Å². The molecule has 2 rings (SSSR count). The Hall–Kier alpha value is -1.35. The fourth-order valence-corrected chi connectivity index (χ4v) is 2.68. The summed E-state index contributed by atoms with van der Waals surface area (Å²) in [6.45, 7) is 5.12. The van der Waals surface area contributed by atoms with E-state index in [0.717, 1.165) is 56.9 Å². The van der Waals surface area contributed by atoms with E-state index in [1.165, 1.54) is 0 Å². The lowest BCUT2D eigenvalue weighted by Gasteiger charge is -2.15. The van der Waals surface area contributed by atoms with Gasteiger partial charge in [-0.25, -0.2) is 0 Å². The maximum atomic E-state index is 12.0. The third-order valence-corrected chi connectivity index (χ3v) is 4.24. The number of carbonyl (C=O) groups excluding carboxylic acids is 1. The number of hydrogen-bond donors (Lipinski definition) is 3. The molecular formula is C19H31IN4O2. The summed E-state index contributed by atoms with van der Waals surface area (Å²) < 4.78 is 5.60. The molecule has 0 saturated carbocycles. The number of unbranched alkanes of at least 4 members (excludes halogenated alkanes) is 1. The van der Waals surface area contributed by atoms with Crippen LogP contribution in [0, 0.1) is 0 Å². The number of hydrogen-bond acceptors (Lipinski definition) is 3. The topological polar surface area (TPSA) is 74.8 Å². The number of rotatable bonds is 8. The molecule has 1 aromatic carbocycles. The second-order valence-electron chi connectivity index (χ2n) is 6.25. The molecule has 1 aliphatic heterocycles. The molecule has 0 radical (unpaired) electrons. The van der Waals surface area contributed by atoms with E-state index in [9.17, 15) is 4.79 Å². The Morgan fingerprint density at radius 1 is 1.23 bits per heavy atom. The summed E-state index contributed by atoms with van der Waals surface area (Å²) in [6, 6.07) is 7.66. The molecule has 26 heavy (non-hydrogen) atoms. The SMILES string of the molecule is CCCCNC(=O)c1ccc(CNC(=NC)NCC2CCCO2)cc1.I. The van der Waals surface area contributed by atoms with Crippen LogP contribution in [0.5, 0.6) is 0 Å². The fourth-order valence-electron chi connectivity index (χ4n) is 2.68. The van der Waals surface area contributed by atoms with Crippen LogP contribution in [0.1, 0.15) is 48.5 Å². The lowest BCUT2D eigenvalue weighted by atomic mass is 10.1. The zero-order valence-corrected chi connectivity index (χ0v) is 18.0. The second kappa shape index (κ2) is 12.9. The molecule has 0 aromatic heterocycles. The Kier molecular flexibility index (Phi) is 11.3. The average molecular weight is 474 g/mol. The molecular weight excluding hydrogens is 443 g/mol. The number of halogens is 1. The third-order valence-electron chi connectivity index (χ3n) is 4.24. The maximum Gasteiger partial charge on any atom is 0.251 e.